The molecule has 0 aromatic heterocycles. The van der Waals surface area contributed by atoms with Crippen molar-refractivity contribution in [3.05, 3.63) is 34.4 Å². The van der Waals surface area contributed by atoms with Crippen molar-refractivity contribution in [2.75, 3.05) is 0 Å². The number of aromatic carboxylic acids is 1. The summed E-state index contributed by atoms with van der Waals surface area (Å²) in [7, 11) is 0. The SMILES string of the molecule is CCc1c(C#N)cc(CO)cc1C(=O)O. The van der Waals surface area contributed by atoms with Crippen molar-refractivity contribution in [1.82, 2.24) is 0 Å². The van der Waals surface area contributed by atoms with Gasteiger partial charge in [-0.2, -0.15) is 5.26 Å². The van der Waals surface area contributed by atoms with Gasteiger partial charge in [0.05, 0.1) is 23.8 Å². The predicted molar refractivity (Wildman–Crippen MR) is 53.4 cm³/mol. The molecule has 0 radical (unpaired) electrons. The van der Waals surface area contributed by atoms with Gasteiger partial charge in [0.2, 0.25) is 0 Å². The Hall–Kier alpha value is -1.86. The first-order valence-corrected chi connectivity index (χ1v) is 4.54. The summed E-state index contributed by atoms with van der Waals surface area (Å²) in [5.41, 5.74) is 1.38. The Morgan fingerprint density at radius 2 is 2.20 bits per heavy atom. The van der Waals surface area contributed by atoms with Crippen LogP contribution in [-0.2, 0) is 13.0 Å². The lowest BCUT2D eigenvalue weighted by Gasteiger charge is -2.08. The summed E-state index contributed by atoms with van der Waals surface area (Å²) in [6.07, 6.45) is 0.482. The molecule has 78 valence electrons. The minimum Gasteiger partial charge on any atom is -0.478 e. The Morgan fingerprint density at radius 3 is 2.60 bits per heavy atom. The normalized spacial score (nSPS) is 9.67. The van der Waals surface area contributed by atoms with Crippen LogP contribution >= 0.6 is 0 Å². The third-order valence-corrected chi connectivity index (χ3v) is 2.20. The molecule has 2 N–H and O–H groups in total. The fraction of sp³-hybridized carbons (Fsp3) is 0.273. The number of rotatable bonds is 3. The number of carboxylic acid groups (broad SMARTS) is 1. The summed E-state index contributed by atoms with van der Waals surface area (Å²) in [5, 5.41) is 26.7. The van der Waals surface area contributed by atoms with Crippen LogP contribution in [-0.4, -0.2) is 16.2 Å². The van der Waals surface area contributed by atoms with Crippen LogP contribution in [0.25, 0.3) is 0 Å². The van der Waals surface area contributed by atoms with Gasteiger partial charge in [-0.15, -0.1) is 0 Å². The second-order valence-electron chi connectivity index (χ2n) is 3.10. The molecule has 0 fully saturated rings. The van der Waals surface area contributed by atoms with E-state index < -0.39 is 5.97 Å². The Bertz CT molecular complexity index is 432. The molecule has 0 aliphatic rings. The summed E-state index contributed by atoms with van der Waals surface area (Å²) in [4.78, 5) is 10.9. The van der Waals surface area contributed by atoms with Crippen LogP contribution in [0.3, 0.4) is 0 Å². The number of nitriles is 1. The summed E-state index contributed by atoms with van der Waals surface area (Å²) >= 11 is 0. The number of aliphatic hydroxyl groups is 1. The van der Waals surface area contributed by atoms with E-state index in [1.807, 2.05) is 6.07 Å². The molecule has 4 heteroatoms. The molecule has 1 aromatic rings. The lowest BCUT2D eigenvalue weighted by molar-refractivity contribution is 0.0695. The van der Waals surface area contributed by atoms with Crippen molar-refractivity contribution >= 4 is 5.97 Å². The molecule has 1 rings (SSSR count). The zero-order valence-electron chi connectivity index (χ0n) is 8.32. The molecular formula is C11H11NO3. The van der Waals surface area contributed by atoms with E-state index in [1.54, 1.807) is 6.92 Å². The fourth-order valence-corrected chi connectivity index (χ4v) is 1.49. The van der Waals surface area contributed by atoms with E-state index in [4.69, 9.17) is 15.5 Å². The van der Waals surface area contributed by atoms with Gasteiger partial charge in [-0.1, -0.05) is 6.92 Å². The molecule has 0 amide bonds. The molecule has 0 heterocycles. The number of carboxylic acids is 1. The van der Waals surface area contributed by atoms with Crippen molar-refractivity contribution in [3.63, 3.8) is 0 Å². The highest BCUT2D eigenvalue weighted by atomic mass is 16.4. The molecule has 4 nitrogen and oxygen atoms in total. The van der Waals surface area contributed by atoms with Crippen molar-refractivity contribution in [1.29, 1.82) is 5.26 Å². The third-order valence-electron chi connectivity index (χ3n) is 2.20. The van der Waals surface area contributed by atoms with Crippen LogP contribution in [0.5, 0.6) is 0 Å². The average Bonchev–Trinajstić information content (AvgIpc) is 2.26. The van der Waals surface area contributed by atoms with Crippen LogP contribution in [0.1, 0.15) is 34.0 Å². The predicted octanol–water partition coefficient (Wildman–Crippen LogP) is 1.31. The quantitative estimate of drug-likeness (QED) is 0.779. The minimum absolute atomic E-state index is 0.0978. The maximum absolute atomic E-state index is 10.9. The monoisotopic (exact) mass is 205 g/mol. The second kappa shape index (κ2) is 4.58. The summed E-state index contributed by atoms with van der Waals surface area (Å²) < 4.78 is 0. The lowest BCUT2D eigenvalue weighted by Crippen LogP contribution is -2.05. The van der Waals surface area contributed by atoms with Crippen LogP contribution in [0, 0.1) is 11.3 Å². The topological polar surface area (TPSA) is 81.3 Å². The van der Waals surface area contributed by atoms with Gasteiger partial charge in [0, 0.05) is 0 Å². The second-order valence-corrected chi connectivity index (χ2v) is 3.10. The van der Waals surface area contributed by atoms with Gasteiger partial charge in [0.1, 0.15) is 0 Å². The van der Waals surface area contributed by atoms with Crippen molar-refractivity contribution in [3.8, 4) is 6.07 Å². The Kier molecular flexibility index (Phi) is 3.42. The Morgan fingerprint density at radius 1 is 1.53 bits per heavy atom. The molecule has 0 spiro atoms. The van der Waals surface area contributed by atoms with Gasteiger partial charge in [-0.25, -0.2) is 4.79 Å². The molecule has 0 atom stereocenters. The first-order valence-electron chi connectivity index (χ1n) is 4.54. The molecular weight excluding hydrogens is 194 g/mol. The first kappa shape index (κ1) is 11.2. The van der Waals surface area contributed by atoms with Gasteiger partial charge in [0.25, 0.3) is 0 Å². The fourth-order valence-electron chi connectivity index (χ4n) is 1.49. The molecule has 1 aromatic carbocycles. The smallest absolute Gasteiger partial charge is 0.336 e. The molecule has 0 saturated heterocycles. The molecule has 0 aliphatic heterocycles. The summed E-state index contributed by atoms with van der Waals surface area (Å²) in [6, 6.07) is 4.87. The van der Waals surface area contributed by atoms with E-state index in [9.17, 15) is 4.79 Å². The number of hydrogen-bond donors (Lipinski definition) is 2. The van der Waals surface area contributed by atoms with Crippen LogP contribution in [0.4, 0.5) is 0 Å². The zero-order chi connectivity index (χ0) is 11.4. The Balaban J connectivity index is 3.48. The molecule has 0 saturated carbocycles. The van der Waals surface area contributed by atoms with Crippen molar-refractivity contribution in [2.45, 2.75) is 20.0 Å². The van der Waals surface area contributed by atoms with Gasteiger partial charge >= 0.3 is 5.97 Å². The van der Waals surface area contributed by atoms with Crippen LogP contribution < -0.4 is 0 Å². The average molecular weight is 205 g/mol. The number of carbonyl (C=O) groups is 1. The van der Waals surface area contributed by atoms with E-state index in [-0.39, 0.29) is 12.2 Å². The minimum atomic E-state index is -1.07. The standard InChI is InChI=1S/C11H11NO3/c1-2-9-8(5-12)3-7(6-13)4-10(9)11(14)15/h3-4,13H,2,6H2,1H3,(H,14,15). The molecule has 15 heavy (non-hydrogen) atoms. The number of aliphatic hydroxyl groups excluding tert-OH is 1. The maximum Gasteiger partial charge on any atom is 0.336 e. The highest BCUT2D eigenvalue weighted by Gasteiger charge is 2.14. The van der Waals surface area contributed by atoms with E-state index in [1.165, 1.54) is 12.1 Å². The number of nitrogens with zero attached hydrogens (tertiary/aromatic N) is 1. The highest BCUT2D eigenvalue weighted by molar-refractivity contribution is 5.90. The third kappa shape index (κ3) is 2.14. The lowest BCUT2D eigenvalue weighted by atomic mass is 9.96. The van der Waals surface area contributed by atoms with Gasteiger partial charge in [-0.3, -0.25) is 0 Å². The van der Waals surface area contributed by atoms with Crippen molar-refractivity contribution in [2.24, 2.45) is 0 Å². The first-order chi connectivity index (χ1) is 7.13. The van der Waals surface area contributed by atoms with Gasteiger partial charge in [0.15, 0.2) is 0 Å². The maximum atomic E-state index is 10.9. The number of hydrogen-bond acceptors (Lipinski definition) is 3. The van der Waals surface area contributed by atoms with Gasteiger partial charge < -0.3 is 10.2 Å². The molecule has 0 unspecified atom stereocenters. The van der Waals surface area contributed by atoms with Crippen LogP contribution in [0.15, 0.2) is 12.1 Å². The summed E-state index contributed by atoms with van der Waals surface area (Å²) in [6.45, 7) is 1.53. The number of benzene rings is 1. The largest absolute Gasteiger partial charge is 0.478 e. The highest BCUT2D eigenvalue weighted by Crippen LogP contribution is 2.18. The Labute approximate surface area is 87.4 Å². The van der Waals surface area contributed by atoms with Crippen LogP contribution in [0.2, 0.25) is 0 Å². The van der Waals surface area contributed by atoms with E-state index in [2.05, 4.69) is 0 Å². The van der Waals surface area contributed by atoms with E-state index >= 15 is 0 Å². The van der Waals surface area contributed by atoms with E-state index in [0.717, 1.165) is 0 Å². The van der Waals surface area contributed by atoms with Gasteiger partial charge in [-0.05, 0) is 29.7 Å². The van der Waals surface area contributed by atoms with Crippen molar-refractivity contribution < 1.29 is 15.0 Å². The molecule has 0 bridgehead atoms. The summed E-state index contributed by atoms with van der Waals surface area (Å²) in [5.74, 6) is -1.07. The molecule has 0 aliphatic carbocycles. The van der Waals surface area contributed by atoms with E-state index in [0.29, 0.717) is 23.1 Å². The zero-order valence-corrected chi connectivity index (χ0v) is 8.32.